The number of rotatable bonds is 10. The maximum absolute atomic E-state index is 13.8. The number of ether oxygens (including phenoxy) is 1. The number of pyridine rings is 1. The number of Topliss-reactive ketones (excluding diaryl/α,β-unsaturated/α-hetero) is 1. The molecule has 8 nitrogen and oxygen atoms in total. The van der Waals surface area contributed by atoms with E-state index in [4.69, 9.17) is 4.74 Å². The third-order valence-electron chi connectivity index (χ3n) is 6.31. The molecule has 0 radical (unpaired) electrons. The van der Waals surface area contributed by atoms with E-state index in [2.05, 4.69) is 5.32 Å². The zero-order valence-electron chi connectivity index (χ0n) is 21.1. The number of benzene rings is 2. The summed E-state index contributed by atoms with van der Waals surface area (Å²) in [7, 11) is 1.49. The number of carbonyl (C=O) groups excluding carboxylic acids is 3. The monoisotopic (exact) mass is 519 g/mol. The van der Waals surface area contributed by atoms with Gasteiger partial charge >= 0.3 is 0 Å². The van der Waals surface area contributed by atoms with E-state index in [0.29, 0.717) is 44.7 Å². The molecule has 0 bridgehead atoms. The third kappa shape index (κ3) is 5.19. The number of nitrogens with zero attached hydrogens (tertiary/aromatic N) is 2. The molecular weight excluding hydrogens is 490 g/mol. The minimum absolute atomic E-state index is 0.0347. The maximum atomic E-state index is 13.8. The van der Waals surface area contributed by atoms with Crippen LogP contribution in [0.5, 0.6) is 0 Å². The number of hydrogen-bond donors (Lipinski definition) is 1. The highest BCUT2D eigenvalue weighted by molar-refractivity contribution is 7.22. The molecule has 0 aliphatic carbocycles. The van der Waals surface area contributed by atoms with Crippen LogP contribution in [0.4, 0.5) is 0 Å². The van der Waals surface area contributed by atoms with Gasteiger partial charge in [-0.05, 0) is 19.9 Å². The second kappa shape index (κ2) is 11.5. The van der Waals surface area contributed by atoms with Gasteiger partial charge in [-0.25, -0.2) is 0 Å². The second-order valence-electron chi connectivity index (χ2n) is 8.49. The molecule has 2 amide bonds. The molecule has 2 aromatic carbocycles. The van der Waals surface area contributed by atoms with Crippen LogP contribution in [0.3, 0.4) is 0 Å². The molecule has 0 saturated heterocycles. The molecule has 0 unspecified atom stereocenters. The van der Waals surface area contributed by atoms with Crippen LogP contribution in [0.1, 0.15) is 39.4 Å². The standard InChI is InChI=1S/C28H29N3O5S/c1-4-30(5-2)23(33)15-29-27(34)26-20(17-36-3)24-25(37-26)19-13-9-10-14-21(19)31(28(24)35)16-22(32)18-11-7-6-8-12-18/h6-14H,4-5,15-17H2,1-3H3,(H,29,34). The van der Waals surface area contributed by atoms with Crippen molar-refractivity contribution >= 4 is 49.9 Å². The highest BCUT2D eigenvalue weighted by Gasteiger charge is 2.25. The van der Waals surface area contributed by atoms with Gasteiger partial charge in [0.25, 0.3) is 11.5 Å². The number of nitrogens with one attached hydrogen (secondary N) is 1. The zero-order chi connectivity index (χ0) is 26.5. The predicted octanol–water partition coefficient (Wildman–Crippen LogP) is 3.84. The fraction of sp³-hybridized carbons (Fsp3) is 0.286. The van der Waals surface area contributed by atoms with Crippen LogP contribution in [-0.2, 0) is 22.7 Å². The average molecular weight is 520 g/mol. The van der Waals surface area contributed by atoms with Crippen LogP contribution >= 0.6 is 11.3 Å². The molecule has 37 heavy (non-hydrogen) atoms. The van der Waals surface area contributed by atoms with Gasteiger partial charge in [-0.3, -0.25) is 23.7 Å². The molecule has 0 aliphatic rings. The van der Waals surface area contributed by atoms with Crippen molar-refractivity contribution in [2.24, 2.45) is 0 Å². The lowest BCUT2D eigenvalue weighted by Crippen LogP contribution is -2.40. The zero-order valence-corrected chi connectivity index (χ0v) is 21.9. The van der Waals surface area contributed by atoms with E-state index >= 15 is 0 Å². The molecule has 0 aliphatic heterocycles. The Morgan fingerprint density at radius 1 is 1.00 bits per heavy atom. The van der Waals surface area contributed by atoms with Crippen LogP contribution < -0.4 is 10.9 Å². The summed E-state index contributed by atoms with van der Waals surface area (Å²) in [6, 6.07) is 16.2. The quantitative estimate of drug-likeness (QED) is 0.321. The SMILES string of the molecule is CCN(CC)C(=O)CNC(=O)c1sc2c(c1COC)c(=O)n(CC(=O)c1ccccc1)c1ccccc21. The van der Waals surface area contributed by atoms with E-state index in [1.165, 1.54) is 23.0 Å². The second-order valence-corrected chi connectivity index (χ2v) is 9.51. The number of likely N-dealkylation sites (N-methyl/N-ethyl adjacent to an activating group) is 1. The fourth-order valence-corrected chi connectivity index (χ4v) is 5.68. The van der Waals surface area contributed by atoms with Gasteiger partial charge in [0.05, 0.1) is 40.2 Å². The summed E-state index contributed by atoms with van der Waals surface area (Å²) < 4.78 is 7.49. The molecule has 0 saturated carbocycles. The normalized spacial score (nSPS) is 11.1. The number of carbonyl (C=O) groups is 3. The summed E-state index contributed by atoms with van der Waals surface area (Å²) >= 11 is 1.20. The topological polar surface area (TPSA) is 97.7 Å². The number of para-hydroxylation sites is 1. The molecule has 2 heterocycles. The number of ketones is 1. The number of aromatic nitrogens is 1. The first-order valence-corrected chi connectivity index (χ1v) is 12.9. The molecule has 0 fully saturated rings. The van der Waals surface area contributed by atoms with Crippen molar-refractivity contribution in [3.05, 3.63) is 81.0 Å². The van der Waals surface area contributed by atoms with Crippen LogP contribution in [0.2, 0.25) is 0 Å². The molecule has 0 atom stereocenters. The Labute approximate surface area is 218 Å². The third-order valence-corrected chi connectivity index (χ3v) is 7.58. The van der Waals surface area contributed by atoms with E-state index in [1.807, 2.05) is 38.1 Å². The first-order chi connectivity index (χ1) is 17.9. The van der Waals surface area contributed by atoms with Crippen molar-refractivity contribution in [1.82, 2.24) is 14.8 Å². The van der Waals surface area contributed by atoms with Gasteiger partial charge in [-0.15, -0.1) is 11.3 Å². The van der Waals surface area contributed by atoms with Gasteiger partial charge in [0.1, 0.15) is 0 Å². The van der Waals surface area contributed by atoms with Gasteiger partial charge in [0.15, 0.2) is 5.78 Å². The summed E-state index contributed by atoms with van der Waals surface area (Å²) in [5.41, 5.74) is 1.21. The minimum atomic E-state index is -0.441. The van der Waals surface area contributed by atoms with Crippen molar-refractivity contribution in [2.45, 2.75) is 27.0 Å². The van der Waals surface area contributed by atoms with Crippen LogP contribution in [0, 0.1) is 0 Å². The van der Waals surface area contributed by atoms with Gasteiger partial charge in [-0.1, -0.05) is 48.5 Å². The lowest BCUT2D eigenvalue weighted by Gasteiger charge is -2.18. The summed E-state index contributed by atoms with van der Waals surface area (Å²) in [5.74, 6) is -0.812. The number of fused-ring (bicyclic) bond motifs is 3. The van der Waals surface area contributed by atoms with E-state index in [-0.39, 0.29) is 36.9 Å². The average Bonchev–Trinajstić information content (AvgIpc) is 3.30. The molecule has 9 heteroatoms. The molecule has 1 N–H and O–H groups in total. The van der Waals surface area contributed by atoms with Crippen LogP contribution in [-0.4, -0.2) is 53.8 Å². The number of hydrogen-bond acceptors (Lipinski definition) is 6. The Morgan fingerprint density at radius 3 is 2.35 bits per heavy atom. The van der Waals surface area contributed by atoms with Crippen molar-refractivity contribution in [1.29, 1.82) is 0 Å². The molecular formula is C28H29N3O5S. The Morgan fingerprint density at radius 2 is 1.68 bits per heavy atom. The maximum Gasteiger partial charge on any atom is 0.262 e. The van der Waals surface area contributed by atoms with Crippen molar-refractivity contribution in [2.75, 3.05) is 26.7 Å². The van der Waals surface area contributed by atoms with E-state index in [9.17, 15) is 19.2 Å². The van der Waals surface area contributed by atoms with Crippen molar-refractivity contribution in [3.8, 4) is 0 Å². The first kappa shape index (κ1) is 26.2. The Kier molecular flexibility index (Phi) is 8.15. The molecule has 4 aromatic rings. The molecule has 0 spiro atoms. The Bertz CT molecular complexity index is 1520. The van der Waals surface area contributed by atoms with Gasteiger partial charge < -0.3 is 15.0 Å². The summed E-state index contributed by atoms with van der Waals surface area (Å²) in [5, 5.41) is 3.82. The summed E-state index contributed by atoms with van der Waals surface area (Å²) in [6.07, 6.45) is 0. The molecule has 2 aromatic heterocycles. The van der Waals surface area contributed by atoms with Crippen molar-refractivity contribution < 1.29 is 19.1 Å². The molecule has 192 valence electrons. The van der Waals surface area contributed by atoms with Gasteiger partial charge in [0, 0.05) is 36.7 Å². The van der Waals surface area contributed by atoms with Crippen molar-refractivity contribution in [3.63, 3.8) is 0 Å². The van der Waals surface area contributed by atoms with Crippen LogP contribution in [0.15, 0.2) is 59.4 Å². The van der Waals surface area contributed by atoms with Crippen LogP contribution in [0.25, 0.3) is 21.0 Å². The van der Waals surface area contributed by atoms with Gasteiger partial charge in [-0.2, -0.15) is 0 Å². The highest BCUT2D eigenvalue weighted by Crippen LogP contribution is 2.35. The fourth-order valence-electron chi connectivity index (χ4n) is 4.43. The largest absolute Gasteiger partial charge is 0.380 e. The summed E-state index contributed by atoms with van der Waals surface area (Å²) in [6.45, 7) is 4.62. The lowest BCUT2D eigenvalue weighted by atomic mass is 10.1. The van der Waals surface area contributed by atoms with E-state index < -0.39 is 5.91 Å². The first-order valence-electron chi connectivity index (χ1n) is 12.1. The Balaban J connectivity index is 1.82. The van der Waals surface area contributed by atoms with Gasteiger partial charge in [0.2, 0.25) is 5.91 Å². The minimum Gasteiger partial charge on any atom is -0.380 e. The number of amides is 2. The smallest absolute Gasteiger partial charge is 0.262 e. The highest BCUT2D eigenvalue weighted by atomic mass is 32.1. The van der Waals surface area contributed by atoms with E-state index in [0.717, 1.165) is 5.39 Å². The molecule has 4 rings (SSSR count). The Hall–Kier alpha value is -3.82. The van der Waals surface area contributed by atoms with E-state index in [1.54, 1.807) is 35.2 Å². The summed E-state index contributed by atoms with van der Waals surface area (Å²) in [4.78, 5) is 54.5. The predicted molar refractivity (Wildman–Crippen MR) is 145 cm³/mol. The number of methoxy groups -OCH3 is 1. The number of thiophene rings is 1. The lowest BCUT2D eigenvalue weighted by molar-refractivity contribution is -0.129.